The predicted octanol–water partition coefficient (Wildman–Crippen LogP) is -1.01. The largest absolute Gasteiger partial charge is 0.479 e. The van der Waals surface area contributed by atoms with E-state index in [-0.39, 0.29) is 0 Å². The molecule has 1 amide bonds. The molecule has 0 aliphatic rings. The second-order valence-corrected chi connectivity index (χ2v) is 5.27. The van der Waals surface area contributed by atoms with Crippen LogP contribution in [0.25, 0.3) is 0 Å². The van der Waals surface area contributed by atoms with E-state index in [9.17, 15) is 24.9 Å². The molecule has 0 aliphatic heterocycles. The number of carboxylic acid groups (broad SMARTS) is 1. The lowest BCUT2D eigenvalue weighted by atomic mass is 10.0. The Kier molecular flexibility index (Phi) is 10.7. The first kappa shape index (κ1) is 20.8. The summed E-state index contributed by atoms with van der Waals surface area (Å²) in [6.45, 7) is 2.43. The summed E-state index contributed by atoms with van der Waals surface area (Å²) in [6, 6.07) is 0. The number of amides is 1. The minimum Gasteiger partial charge on any atom is -0.479 e. The minimum absolute atomic E-state index is 0.312. The highest BCUT2D eigenvalue weighted by Crippen LogP contribution is 2.07. The van der Waals surface area contributed by atoms with Crippen LogP contribution in [0.2, 0.25) is 0 Å². The summed E-state index contributed by atoms with van der Waals surface area (Å²) in [4.78, 5) is 22.0. The zero-order chi connectivity index (χ0) is 17.1. The number of nitrogens with one attached hydrogen (secondary N) is 1. The maximum absolute atomic E-state index is 11.6. The molecule has 6 N–H and O–H groups in total. The molecule has 0 heterocycles. The number of carboxylic acids is 1. The van der Waals surface area contributed by atoms with Crippen LogP contribution in [0.4, 0.5) is 0 Å². The number of aliphatic hydroxyl groups excluding tert-OH is 4. The Morgan fingerprint density at radius 3 is 1.91 bits per heavy atom. The molecule has 0 aliphatic carbocycles. The number of rotatable bonds is 12. The molecule has 0 bridgehead atoms. The van der Waals surface area contributed by atoms with E-state index < -0.39 is 36.3 Å². The first-order valence-electron chi connectivity index (χ1n) is 7.55. The summed E-state index contributed by atoms with van der Waals surface area (Å²) in [7, 11) is 0. The van der Waals surface area contributed by atoms with E-state index in [1.807, 2.05) is 0 Å². The van der Waals surface area contributed by atoms with Crippen molar-refractivity contribution in [1.82, 2.24) is 5.32 Å². The first-order chi connectivity index (χ1) is 10.3. The fraction of sp³-hybridized carbons (Fsp3) is 0.857. The second kappa shape index (κ2) is 11.4. The third-order valence-corrected chi connectivity index (χ3v) is 3.35. The van der Waals surface area contributed by atoms with Crippen molar-refractivity contribution in [2.24, 2.45) is 0 Å². The molecule has 4 atom stereocenters. The molecule has 0 aromatic heterocycles. The summed E-state index contributed by atoms with van der Waals surface area (Å²) in [5.41, 5.74) is 0. The van der Waals surface area contributed by atoms with Gasteiger partial charge in [0.25, 0.3) is 5.91 Å². The van der Waals surface area contributed by atoms with Gasteiger partial charge in [-0.25, -0.2) is 4.79 Å². The number of aliphatic hydroxyl groups is 4. The first-order valence-corrected chi connectivity index (χ1v) is 7.55. The molecular formula is C14H27NO7. The van der Waals surface area contributed by atoms with Crippen LogP contribution in [0.1, 0.15) is 45.4 Å². The van der Waals surface area contributed by atoms with Crippen LogP contribution in [0.3, 0.4) is 0 Å². The molecule has 0 unspecified atom stereocenters. The maximum Gasteiger partial charge on any atom is 0.335 e. The fourth-order valence-corrected chi connectivity index (χ4v) is 1.90. The molecule has 0 spiro atoms. The lowest BCUT2D eigenvalue weighted by Gasteiger charge is -2.23. The van der Waals surface area contributed by atoms with E-state index in [0.717, 1.165) is 32.1 Å². The molecule has 0 radical (unpaired) electrons. The molecule has 0 saturated heterocycles. The Bertz CT molecular complexity index is 337. The van der Waals surface area contributed by atoms with Gasteiger partial charge >= 0.3 is 5.97 Å². The third-order valence-electron chi connectivity index (χ3n) is 3.35. The van der Waals surface area contributed by atoms with Crippen LogP contribution in [-0.2, 0) is 9.59 Å². The van der Waals surface area contributed by atoms with Gasteiger partial charge in [0.1, 0.15) is 12.2 Å². The Hall–Kier alpha value is -1.22. The Labute approximate surface area is 129 Å². The van der Waals surface area contributed by atoms with Gasteiger partial charge in [0.15, 0.2) is 12.2 Å². The lowest BCUT2D eigenvalue weighted by molar-refractivity contribution is -0.166. The highest BCUT2D eigenvalue weighted by atomic mass is 16.4. The normalized spacial score (nSPS) is 16.6. The van der Waals surface area contributed by atoms with Crippen molar-refractivity contribution in [3.05, 3.63) is 0 Å². The van der Waals surface area contributed by atoms with Crippen molar-refractivity contribution in [3.8, 4) is 0 Å². The van der Waals surface area contributed by atoms with Crippen LogP contribution in [0, 0.1) is 0 Å². The topological polar surface area (TPSA) is 147 Å². The molecule has 0 aromatic rings. The standard InChI is InChI=1S/C14H27NO7/c1-2-3-4-5-6-7-8-15-13(20)11(18)9(16)10(17)12(19)14(21)22/h9-12,16-19H,2-8H2,1H3,(H,15,20)(H,21,22)/t9-,10-,11+,12-/m1/s1. The maximum atomic E-state index is 11.6. The monoisotopic (exact) mass is 321 g/mol. The highest BCUT2D eigenvalue weighted by molar-refractivity contribution is 5.81. The Balaban J connectivity index is 4.02. The second-order valence-electron chi connectivity index (χ2n) is 5.27. The van der Waals surface area contributed by atoms with Crippen LogP contribution in [-0.4, -0.2) is 68.4 Å². The quantitative estimate of drug-likeness (QED) is 0.252. The van der Waals surface area contributed by atoms with E-state index in [1.165, 1.54) is 6.42 Å². The van der Waals surface area contributed by atoms with E-state index in [0.29, 0.717) is 6.54 Å². The Morgan fingerprint density at radius 2 is 1.36 bits per heavy atom. The zero-order valence-corrected chi connectivity index (χ0v) is 12.8. The van der Waals surface area contributed by atoms with Gasteiger partial charge in [-0.05, 0) is 6.42 Å². The van der Waals surface area contributed by atoms with Crippen LogP contribution in [0.15, 0.2) is 0 Å². The van der Waals surface area contributed by atoms with Crippen molar-refractivity contribution in [2.75, 3.05) is 6.54 Å². The summed E-state index contributed by atoms with van der Waals surface area (Å²) >= 11 is 0. The number of carbonyl (C=O) groups excluding carboxylic acids is 1. The zero-order valence-electron chi connectivity index (χ0n) is 12.8. The van der Waals surface area contributed by atoms with E-state index in [1.54, 1.807) is 0 Å². The van der Waals surface area contributed by atoms with Gasteiger partial charge in [0.2, 0.25) is 0 Å². The number of carbonyl (C=O) groups is 2. The number of hydrogen-bond donors (Lipinski definition) is 6. The highest BCUT2D eigenvalue weighted by Gasteiger charge is 2.37. The summed E-state index contributed by atoms with van der Waals surface area (Å²) in [5, 5.41) is 48.3. The summed E-state index contributed by atoms with van der Waals surface area (Å²) in [5.74, 6) is -2.68. The molecule has 0 saturated carbocycles. The molecule has 22 heavy (non-hydrogen) atoms. The number of aliphatic carboxylic acids is 1. The smallest absolute Gasteiger partial charge is 0.335 e. The molecule has 0 fully saturated rings. The SMILES string of the molecule is CCCCCCCCNC(=O)[C@@H](O)[C@H](O)[C@@H](O)[C@@H](O)C(=O)O. The lowest BCUT2D eigenvalue weighted by Crippen LogP contribution is -2.52. The summed E-state index contributed by atoms with van der Waals surface area (Å²) in [6.07, 6.45) is -2.39. The average Bonchev–Trinajstić information content (AvgIpc) is 2.50. The van der Waals surface area contributed by atoms with Crippen LogP contribution < -0.4 is 5.32 Å². The van der Waals surface area contributed by atoms with E-state index in [2.05, 4.69) is 12.2 Å². The summed E-state index contributed by atoms with van der Waals surface area (Å²) < 4.78 is 0. The number of hydrogen-bond acceptors (Lipinski definition) is 6. The molecule has 8 nitrogen and oxygen atoms in total. The molecule has 0 aromatic carbocycles. The van der Waals surface area contributed by atoms with Crippen molar-refractivity contribution >= 4 is 11.9 Å². The van der Waals surface area contributed by atoms with Gasteiger partial charge in [-0.1, -0.05) is 39.0 Å². The van der Waals surface area contributed by atoms with Gasteiger partial charge in [-0.15, -0.1) is 0 Å². The molecular weight excluding hydrogens is 294 g/mol. The van der Waals surface area contributed by atoms with Crippen LogP contribution in [0.5, 0.6) is 0 Å². The molecule has 130 valence electrons. The van der Waals surface area contributed by atoms with Gasteiger partial charge < -0.3 is 30.8 Å². The van der Waals surface area contributed by atoms with Crippen molar-refractivity contribution in [1.29, 1.82) is 0 Å². The third kappa shape index (κ3) is 7.69. The van der Waals surface area contributed by atoms with Gasteiger partial charge in [-0.2, -0.15) is 0 Å². The van der Waals surface area contributed by atoms with Crippen molar-refractivity contribution in [2.45, 2.75) is 69.9 Å². The predicted molar refractivity (Wildman–Crippen MR) is 78.0 cm³/mol. The number of unbranched alkanes of at least 4 members (excludes halogenated alkanes) is 5. The van der Waals surface area contributed by atoms with Crippen LogP contribution >= 0.6 is 0 Å². The van der Waals surface area contributed by atoms with Gasteiger partial charge in [-0.3, -0.25) is 4.79 Å². The van der Waals surface area contributed by atoms with Gasteiger partial charge in [0, 0.05) is 6.54 Å². The molecule has 8 heteroatoms. The van der Waals surface area contributed by atoms with E-state index >= 15 is 0 Å². The van der Waals surface area contributed by atoms with Crippen molar-refractivity contribution < 1.29 is 35.1 Å². The van der Waals surface area contributed by atoms with E-state index in [4.69, 9.17) is 10.2 Å². The average molecular weight is 321 g/mol. The van der Waals surface area contributed by atoms with Gasteiger partial charge in [0.05, 0.1) is 0 Å². The fourth-order valence-electron chi connectivity index (χ4n) is 1.90. The molecule has 0 rings (SSSR count). The minimum atomic E-state index is -2.28. The Morgan fingerprint density at radius 1 is 0.864 bits per heavy atom. The van der Waals surface area contributed by atoms with Crippen molar-refractivity contribution in [3.63, 3.8) is 0 Å².